The van der Waals surface area contributed by atoms with Gasteiger partial charge in [-0.05, 0) is 6.07 Å². The molecule has 0 fully saturated rings. The van der Waals surface area contributed by atoms with Crippen LogP contribution in [-0.4, -0.2) is 59.0 Å². The molecule has 0 atom stereocenters. The van der Waals surface area contributed by atoms with Gasteiger partial charge in [-0.25, -0.2) is 8.42 Å². The molecule has 0 aromatic heterocycles. The highest BCUT2D eigenvalue weighted by molar-refractivity contribution is 7.90. The van der Waals surface area contributed by atoms with Gasteiger partial charge in [0.25, 0.3) is 0 Å². The van der Waals surface area contributed by atoms with Crippen LogP contribution in [0.4, 0.5) is 0 Å². The molecular formula is C14H23N3O3S. The van der Waals surface area contributed by atoms with E-state index in [1.54, 1.807) is 14.2 Å². The third-order valence-corrected chi connectivity index (χ3v) is 3.88. The fourth-order valence-corrected chi connectivity index (χ4v) is 2.37. The number of nitrogens with zero attached hydrogens (tertiary/aromatic N) is 2. The summed E-state index contributed by atoms with van der Waals surface area (Å²) in [5.41, 5.74) is 1.04. The highest BCUT2D eigenvalue weighted by Gasteiger charge is 2.10. The number of nitrogens with one attached hydrogen (secondary N) is 1. The van der Waals surface area contributed by atoms with E-state index in [0.29, 0.717) is 19.0 Å². The molecule has 1 N–H and O–H groups in total. The van der Waals surface area contributed by atoms with Gasteiger partial charge in [0, 0.05) is 39.0 Å². The maximum atomic E-state index is 11.1. The predicted molar refractivity (Wildman–Crippen MR) is 85.5 cm³/mol. The van der Waals surface area contributed by atoms with Crippen LogP contribution in [0.2, 0.25) is 0 Å². The highest BCUT2D eigenvalue weighted by Crippen LogP contribution is 2.18. The summed E-state index contributed by atoms with van der Waals surface area (Å²) in [6, 6.07) is 7.76. The monoisotopic (exact) mass is 313 g/mol. The van der Waals surface area contributed by atoms with Crippen molar-refractivity contribution in [1.29, 1.82) is 0 Å². The molecule has 1 aromatic rings. The minimum Gasteiger partial charge on any atom is -0.496 e. The van der Waals surface area contributed by atoms with Crippen molar-refractivity contribution in [1.82, 2.24) is 10.2 Å². The summed E-state index contributed by atoms with van der Waals surface area (Å²) < 4.78 is 27.6. The van der Waals surface area contributed by atoms with Crippen molar-refractivity contribution < 1.29 is 13.2 Å². The first-order valence-corrected chi connectivity index (χ1v) is 8.65. The molecule has 0 radical (unpaired) electrons. The van der Waals surface area contributed by atoms with E-state index in [2.05, 4.69) is 10.3 Å². The maximum absolute atomic E-state index is 11.1. The second-order valence-corrected chi connectivity index (χ2v) is 7.03. The topological polar surface area (TPSA) is 71.0 Å². The van der Waals surface area contributed by atoms with E-state index in [1.807, 2.05) is 36.2 Å². The molecule has 0 spiro atoms. The van der Waals surface area contributed by atoms with E-state index < -0.39 is 9.84 Å². The number of hydrogen-bond donors (Lipinski definition) is 1. The normalized spacial score (nSPS) is 12.1. The first kappa shape index (κ1) is 17.3. The van der Waals surface area contributed by atoms with Crippen LogP contribution in [0.5, 0.6) is 5.75 Å². The lowest BCUT2D eigenvalue weighted by Gasteiger charge is -2.23. The molecule has 0 amide bonds. The van der Waals surface area contributed by atoms with Crippen LogP contribution < -0.4 is 10.1 Å². The third kappa shape index (κ3) is 6.03. The minimum absolute atomic E-state index is 0.0779. The molecular weight excluding hydrogens is 290 g/mol. The number of sulfone groups is 1. The van der Waals surface area contributed by atoms with Crippen molar-refractivity contribution in [3.05, 3.63) is 29.8 Å². The van der Waals surface area contributed by atoms with Crippen molar-refractivity contribution in [2.75, 3.05) is 39.8 Å². The number of rotatable bonds is 6. The highest BCUT2D eigenvalue weighted by atomic mass is 32.2. The van der Waals surface area contributed by atoms with Crippen LogP contribution in [0.1, 0.15) is 5.56 Å². The van der Waals surface area contributed by atoms with Gasteiger partial charge in [0.15, 0.2) is 5.96 Å². The number of ether oxygens (including phenoxy) is 1. The molecule has 1 rings (SSSR count). The molecule has 21 heavy (non-hydrogen) atoms. The van der Waals surface area contributed by atoms with Crippen molar-refractivity contribution in [2.24, 2.45) is 4.99 Å². The van der Waals surface area contributed by atoms with Gasteiger partial charge in [-0.2, -0.15) is 0 Å². The predicted octanol–water partition coefficient (Wildman–Crippen LogP) is 0.747. The molecule has 0 aliphatic carbocycles. The molecule has 1 aromatic carbocycles. The van der Waals surface area contributed by atoms with Gasteiger partial charge < -0.3 is 15.0 Å². The third-order valence-electron chi connectivity index (χ3n) is 2.93. The summed E-state index contributed by atoms with van der Waals surface area (Å²) in [5, 5.41) is 3.04. The fourth-order valence-electron chi connectivity index (χ4n) is 1.90. The number of hydrogen-bond acceptors (Lipinski definition) is 4. The van der Waals surface area contributed by atoms with Crippen LogP contribution in [0.25, 0.3) is 0 Å². The van der Waals surface area contributed by atoms with Crippen LogP contribution in [0.15, 0.2) is 29.3 Å². The quantitative estimate of drug-likeness (QED) is 0.620. The SMILES string of the molecule is CN=C(NCCS(C)(=O)=O)N(C)Cc1ccccc1OC. The standard InChI is InChI=1S/C14H23N3O3S/c1-15-14(16-9-10-21(4,18)19)17(2)11-12-7-5-6-8-13(12)20-3/h5-8H,9-11H2,1-4H3,(H,15,16). The van der Waals surface area contributed by atoms with Crippen LogP contribution in [0, 0.1) is 0 Å². The van der Waals surface area contributed by atoms with Gasteiger partial charge in [-0.3, -0.25) is 4.99 Å². The first-order valence-electron chi connectivity index (χ1n) is 6.58. The second kappa shape index (κ2) is 7.87. The zero-order chi connectivity index (χ0) is 15.9. The van der Waals surface area contributed by atoms with Crippen LogP contribution in [-0.2, 0) is 16.4 Å². The molecule has 7 heteroatoms. The van der Waals surface area contributed by atoms with Crippen molar-refractivity contribution in [3.8, 4) is 5.75 Å². The molecule has 6 nitrogen and oxygen atoms in total. The lowest BCUT2D eigenvalue weighted by Crippen LogP contribution is -2.40. The van der Waals surface area contributed by atoms with E-state index in [9.17, 15) is 8.42 Å². The van der Waals surface area contributed by atoms with Gasteiger partial charge in [-0.15, -0.1) is 0 Å². The summed E-state index contributed by atoms with van der Waals surface area (Å²) in [6.45, 7) is 0.949. The number of benzene rings is 1. The summed E-state index contributed by atoms with van der Waals surface area (Å²) in [5.74, 6) is 1.54. The zero-order valence-electron chi connectivity index (χ0n) is 13.0. The molecule has 0 unspecified atom stereocenters. The lowest BCUT2D eigenvalue weighted by atomic mass is 10.2. The van der Waals surface area contributed by atoms with Gasteiger partial charge in [0.2, 0.25) is 0 Å². The lowest BCUT2D eigenvalue weighted by molar-refractivity contribution is 0.396. The number of guanidine groups is 1. The summed E-state index contributed by atoms with van der Waals surface area (Å²) in [6.07, 6.45) is 1.22. The zero-order valence-corrected chi connectivity index (χ0v) is 13.8. The summed E-state index contributed by atoms with van der Waals surface area (Å²) in [4.78, 5) is 6.07. The van der Waals surface area contributed by atoms with Crippen molar-refractivity contribution in [2.45, 2.75) is 6.54 Å². The van der Waals surface area contributed by atoms with Gasteiger partial charge in [0.05, 0.1) is 12.9 Å². The Kier molecular flexibility index (Phi) is 6.48. The molecule has 118 valence electrons. The second-order valence-electron chi connectivity index (χ2n) is 4.77. The molecule has 0 saturated carbocycles. The molecule has 0 bridgehead atoms. The Hall–Kier alpha value is -1.76. The van der Waals surface area contributed by atoms with E-state index in [4.69, 9.17) is 4.74 Å². The Morgan fingerprint density at radius 2 is 2.05 bits per heavy atom. The van der Waals surface area contributed by atoms with Gasteiger partial charge in [0.1, 0.15) is 15.6 Å². The molecule has 0 heterocycles. The van der Waals surface area contributed by atoms with Crippen LogP contribution >= 0.6 is 0 Å². The first-order chi connectivity index (χ1) is 9.87. The Morgan fingerprint density at radius 1 is 1.38 bits per heavy atom. The number of aliphatic imine (C=N–C) groups is 1. The summed E-state index contributed by atoms with van der Waals surface area (Å²) in [7, 11) is 2.22. The number of methoxy groups -OCH3 is 1. The maximum Gasteiger partial charge on any atom is 0.193 e. The van der Waals surface area contributed by atoms with E-state index in [-0.39, 0.29) is 5.75 Å². The van der Waals surface area contributed by atoms with Crippen molar-refractivity contribution >= 4 is 15.8 Å². The Bertz CT molecular complexity index is 585. The molecule has 0 aliphatic rings. The Balaban J connectivity index is 2.65. The Morgan fingerprint density at radius 3 is 2.62 bits per heavy atom. The van der Waals surface area contributed by atoms with E-state index in [0.717, 1.165) is 11.3 Å². The average molecular weight is 313 g/mol. The average Bonchev–Trinajstić information content (AvgIpc) is 2.43. The van der Waals surface area contributed by atoms with E-state index in [1.165, 1.54) is 6.26 Å². The smallest absolute Gasteiger partial charge is 0.193 e. The largest absolute Gasteiger partial charge is 0.496 e. The molecule has 0 saturated heterocycles. The van der Waals surface area contributed by atoms with Crippen molar-refractivity contribution in [3.63, 3.8) is 0 Å². The van der Waals surface area contributed by atoms with Gasteiger partial charge >= 0.3 is 0 Å². The van der Waals surface area contributed by atoms with Crippen LogP contribution in [0.3, 0.4) is 0 Å². The fraction of sp³-hybridized carbons (Fsp3) is 0.500. The summed E-state index contributed by atoms with van der Waals surface area (Å²) >= 11 is 0. The molecule has 0 aliphatic heterocycles. The Labute approximate surface area is 126 Å². The number of para-hydroxylation sites is 1. The van der Waals surface area contributed by atoms with Gasteiger partial charge in [-0.1, -0.05) is 18.2 Å². The van der Waals surface area contributed by atoms with E-state index >= 15 is 0 Å². The minimum atomic E-state index is -2.98.